The molecule has 116 valence electrons. The van der Waals surface area contributed by atoms with Gasteiger partial charge in [0.15, 0.2) is 0 Å². The maximum absolute atomic E-state index is 13.1. The Kier molecular flexibility index (Phi) is 5.70. The second kappa shape index (κ2) is 7.52. The van der Waals surface area contributed by atoms with E-state index in [9.17, 15) is 9.18 Å². The van der Waals surface area contributed by atoms with Crippen molar-refractivity contribution in [2.24, 2.45) is 5.92 Å². The summed E-state index contributed by atoms with van der Waals surface area (Å²) >= 11 is 0. The minimum Gasteiger partial charge on any atom is -0.379 e. The number of nitrogens with zero attached hydrogens (tertiary/aromatic N) is 1. The summed E-state index contributed by atoms with van der Waals surface area (Å²) in [5.41, 5.74) is 0.361. The minimum atomic E-state index is -0.392. The summed E-state index contributed by atoms with van der Waals surface area (Å²) in [5.74, 6) is -0.194. The molecule has 0 aliphatic carbocycles. The highest BCUT2D eigenvalue weighted by Gasteiger charge is 2.24. The van der Waals surface area contributed by atoms with Gasteiger partial charge in [0, 0.05) is 31.2 Å². The Morgan fingerprint density at radius 3 is 2.71 bits per heavy atom. The van der Waals surface area contributed by atoms with Crippen LogP contribution in [0.15, 0.2) is 24.3 Å². The summed E-state index contributed by atoms with van der Waals surface area (Å²) in [6.07, 6.45) is 0. The predicted molar refractivity (Wildman–Crippen MR) is 79.8 cm³/mol. The molecule has 1 aromatic carbocycles. The third-order valence-corrected chi connectivity index (χ3v) is 3.84. The summed E-state index contributed by atoms with van der Waals surface area (Å²) in [7, 11) is 0. The zero-order chi connectivity index (χ0) is 15.2. The fourth-order valence-electron chi connectivity index (χ4n) is 2.62. The van der Waals surface area contributed by atoms with Gasteiger partial charge in [0.1, 0.15) is 5.82 Å². The number of hydrogen-bond acceptors (Lipinski definition) is 3. The number of morpholine rings is 1. The van der Waals surface area contributed by atoms with E-state index < -0.39 is 5.82 Å². The Morgan fingerprint density at radius 2 is 2.10 bits per heavy atom. The first-order chi connectivity index (χ1) is 10.1. The standard InChI is InChI=1S/C16H23FN2O2/c1-12(2)15(19-6-8-21-9-7-19)11-18-16(20)13-4-3-5-14(17)10-13/h3-5,10,12,15H,6-9,11H2,1-2H3,(H,18,20). The van der Waals surface area contributed by atoms with Crippen LogP contribution >= 0.6 is 0 Å². The van der Waals surface area contributed by atoms with Crippen molar-refractivity contribution in [3.63, 3.8) is 0 Å². The van der Waals surface area contributed by atoms with Crippen LogP contribution in [0.3, 0.4) is 0 Å². The van der Waals surface area contributed by atoms with Crippen LogP contribution in [0.4, 0.5) is 4.39 Å². The maximum Gasteiger partial charge on any atom is 0.251 e. The van der Waals surface area contributed by atoms with Gasteiger partial charge >= 0.3 is 0 Å². The van der Waals surface area contributed by atoms with Crippen molar-refractivity contribution in [1.29, 1.82) is 0 Å². The van der Waals surface area contributed by atoms with Crippen LogP contribution in [-0.2, 0) is 4.74 Å². The molecule has 4 nitrogen and oxygen atoms in total. The average Bonchev–Trinajstić information content (AvgIpc) is 2.48. The molecule has 0 saturated carbocycles. The van der Waals surface area contributed by atoms with E-state index in [2.05, 4.69) is 24.1 Å². The highest BCUT2D eigenvalue weighted by atomic mass is 19.1. The molecule has 1 N–H and O–H groups in total. The zero-order valence-electron chi connectivity index (χ0n) is 12.6. The van der Waals surface area contributed by atoms with Gasteiger partial charge in [0.25, 0.3) is 5.91 Å². The van der Waals surface area contributed by atoms with E-state index >= 15 is 0 Å². The average molecular weight is 294 g/mol. The molecule has 5 heteroatoms. The van der Waals surface area contributed by atoms with Crippen LogP contribution in [0.1, 0.15) is 24.2 Å². The van der Waals surface area contributed by atoms with Gasteiger partial charge in [-0.3, -0.25) is 9.69 Å². The first-order valence-electron chi connectivity index (χ1n) is 7.43. The fourth-order valence-corrected chi connectivity index (χ4v) is 2.62. The number of carbonyl (C=O) groups is 1. The van der Waals surface area contributed by atoms with E-state index in [4.69, 9.17) is 4.74 Å². The van der Waals surface area contributed by atoms with Crippen LogP contribution < -0.4 is 5.32 Å². The lowest BCUT2D eigenvalue weighted by molar-refractivity contribution is 0.00672. The van der Waals surface area contributed by atoms with E-state index in [1.54, 1.807) is 12.1 Å². The van der Waals surface area contributed by atoms with Crippen molar-refractivity contribution in [1.82, 2.24) is 10.2 Å². The lowest BCUT2D eigenvalue weighted by atomic mass is 10.0. The Balaban J connectivity index is 1.93. The monoisotopic (exact) mass is 294 g/mol. The molecule has 0 bridgehead atoms. The SMILES string of the molecule is CC(C)C(CNC(=O)c1cccc(F)c1)N1CCOCC1. The highest BCUT2D eigenvalue weighted by molar-refractivity contribution is 5.94. The van der Waals surface area contributed by atoms with Gasteiger partial charge in [-0.25, -0.2) is 4.39 Å². The van der Waals surface area contributed by atoms with E-state index in [0.717, 1.165) is 26.3 Å². The molecule has 0 radical (unpaired) electrons. The second-order valence-electron chi connectivity index (χ2n) is 5.68. The summed E-state index contributed by atoms with van der Waals surface area (Å²) < 4.78 is 18.5. The third kappa shape index (κ3) is 4.51. The normalized spacial score (nSPS) is 17.7. The summed E-state index contributed by atoms with van der Waals surface area (Å²) in [6.45, 7) is 8.11. The maximum atomic E-state index is 13.1. The largest absolute Gasteiger partial charge is 0.379 e. The Hall–Kier alpha value is -1.46. The number of benzene rings is 1. The predicted octanol–water partition coefficient (Wildman–Crippen LogP) is 1.91. The lowest BCUT2D eigenvalue weighted by Crippen LogP contribution is -2.51. The first kappa shape index (κ1) is 15.9. The van der Waals surface area contributed by atoms with Gasteiger partial charge in [0.05, 0.1) is 13.2 Å². The quantitative estimate of drug-likeness (QED) is 0.902. The van der Waals surface area contributed by atoms with Crippen molar-refractivity contribution >= 4 is 5.91 Å². The van der Waals surface area contributed by atoms with Gasteiger partial charge in [0.2, 0.25) is 0 Å². The molecule has 0 spiro atoms. The molecule has 1 aliphatic rings. The van der Waals surface area contributed by atoms with Crippen molar-refractivity contribution in [3.8, 4) is 0 Å². The van der Waals surface area contributed by atoms with Crippen molar-refractivity contribution in [2.75, 3.05) is 32.8 Å². The Morgan fingerprint density at radius 1 is 1.38 bits per heavy atom. The van der Waals surface area contributed by atoms with Crippen molar-refractivity contribution in [3.05, 3.63) is 35.6 Å². The molecule has 1 atom stereocenters. The number of halogens is 1. The Labute approximate surface area is 125 Å². The van der Waals surface area contributed by atoms with E-state index in [-0.39, 0.29) is 11.9 Å². The lowest BCUT2D eigenvalue weighted by Gasteiger charge is -2.36. The fraction of sp³-hybridized carbons (Fsp3) is 0.562. The number of amides is 1. The third-order valence-electron chi connectivity index (χ3n) is 3.84. The summed E-state index contributed by atoms with van der Waals surface area (Å²) in [4.78, 5) is 14.4. The molecule has 2 rings (SSSR count). The molecular weight excluding hydrogens is 271 g/mol. The number of carbonyl (C=O) groups excluding carboxylic acids is 1. The molecule has 1 amide bonds. The summed E-state index contributed by atoms with van der Waals surface area (Å²) in [6, 6.07) is 6.03. The topological polar surface area (TPSA) is 41.6 Å². The smallest absolute Gasteiger partial charge is 0.251 e. The van der Waals surface area contributed by atoms with E-state index in [1.165, 1.54) is 12.1 Å². The van der Waals surface area contributed by atoms with Crippen molar-refractivity contribution in [2.45, 2.75) is 19.9 Å². The van der Waals surface area contributed by atoms with Crippen LogP contribution in [0.2, 0.25) is 0 Å². The van der Waals surface area contributed by atoms with Crippen LogP contribution in [-0.4, -0.2) is 49.7 Å². The van der Waals surface area contributed by atoms with E-state index in [0.29, 0.717) is 18.0 Å². The molecule has 1 aliphatic heterocycles. The number of ether oxygens (including phenoxy) is 1. The molecule has 1 heterocycles. The molecule has 21 heavy (non-hydrogen) atoms. The first-order valence-corrected chi connectivity index (χ1v) is 7.43. The van der Waals surface area contributed by atoms with Gasteiger partial charge in [-0.2, -0.15) is 0 Å². The molecule has 1 aromatic rings. The van der Waals surface area contributed by atoms with Gasteiger partial charge < -0.3 is 10.1 Å². The van der Waals surface area contributed by atoms with Gasteiger partial charge in [-0.1, -0.05) is 19.9 Å². The number of rotatable bonds is 5. The van der Waals surface area contributed by atoms with Crippen LogP contribution in [0.5, 0.6) is 0 Å². The Bertz CT molecular complexity index is 473. The highest BCUT2D eigenvalue weighted by Crippen LogP contribution is 2.12. The molecule has 1 unspecified atom stereocenters. The number of nitrogens with one attached hydrogen (secondary N) is 1. The van der Waals surface area contributed by atoms with E-state index in [1.807, 2.05) is 0 Å². The van der Waals surface area contributed by atoms with Crippen molar-refractivity contribution < 1.29 is 13.9 Å². The molecule has 0 aromatic heterocycles. The zero-order valence-corrected chi connectivity index (χ0v) is 12.6. The molecule has 1 fully saturated rings. The molecular formula is C16H23FN2O2. The van der Waals surface area contributed by atoms with Crippen LogP contribution in [0.25, 0.3) is 0 Å². The van der Waals surface area contributed by atoms with Gasteiger partial charge in [-0.05, 0) is 24.1 Å². The number of hydrogen-bond donors (Lipinski definition) is 1. The molecule has 1 saturated heterocycles. The minimum absolute atomic E-state index is 0.228. The second-order valence-corrected chi connectivity index (χ2v) is 5.68. The summed E-state index contributed by atoms with van der Waals surface area (Å²) in [5, 5.41) is 2.92. The van der Waals surface area contributed by atoms with Crippen LogP contribution in [0, 0.1) is 11.7 Å². The van der Waals surface area contributed by atoms with Gasteiger partial charge in [-0.15, -0.1) is 0 Å².